The van der Waals surface area contributed by atoms with Crippen molar-refractivity contribution in [1.29, 1.82) is 0 Å². The Kier molecular flexibility index (Phi) is 6.75. The van der Waals surface area contributed by atoms with Gasteiger partial charge in [-0.3, -0.25) is 0 Å². The van der Waals surface area contributed by atoms with Gasteiger partial charge in [-0.05, 0) is 42.0 Å². The molecule has 0 fully saturated rings. The predicted molar refractivity (Wildman–Crippen MR) is 111 cm³/mol. The number of benzene rings is 3. The third kappa shape index (κ3) is 5.00. The van der Waals surface area contributed by atoms with Crippen molar-refractivity contribution in [3.8, 4) is 17.2 Å². The number of para-hydroxylation sites is 1. The molecule has 0 heterocycles. The molecule has 3 aromatic carbocycles. The van der Waals surface area contributed by atoms with Crippen molar-refractivity contribution in [2.45, 2.75) is 13.2 Å². The zero-order valence-electron chi connectivity index (χ0n) is 16.6. The second-order valence-electron chi connectivity index (χ2n) is 6.44. The SMILES string of the molecule is COc1ccc(C(=O)O)cc1NCc1cccc(OC)c1OCc1ccc(F)cc1. The van der Waals surface area contributed by atoms with E-state index in [-0.39, 0.29) is 18.0 Å². The lowest BCUT2D eigenvalue weighted by atomic mass is 10.1. The van der Waals surface area contributed by atoms with Gasteiger partial charge in [-0.15, -0.1) is 0 Å². The molecule has 0 atom stereocenters. The number of hydrogen-bond donors (Lipinski definition) is 2. The van der Waals surface area contributed by atoms with Crippen LogP contribution in [0.15, 0.2) is 60.7 Å². The van der Waals surface area contributed by atoms with Gasteiger partial charge in [0.2, 0.25) is 0 Å². The van der Waals surface area contributed by atoms with E-state index < -0.39 is 5.97 Å². The Hall–Kier alpha value is -3.74. The largest absolute Gasteiger partial charge is 0.495 e. The van der Waals surface area contributed by atoms with E-state index in [2.05, 4.69) is 5.32 Å². The summed E-state index contributed by atoms with van der Waals surface area (Å²) < 4.78 is 29.8. The highest BCUT2D eigenvalue weighted by atomic mass is 19.1. The van der Waals surface area contributed by atoms with Gasteiger partial charge in [0.15, 0.2) is 11.5 Å². The number of hydrogen-bond acceptors (Lipinski definition) is 5. The van der Waals surface area contributed by atoms with E-state index in [0.29, 0.717) is 29.5 Å². The maximum atomic E-state index is 13.1. The summed E-state index contributed by atoms with van der Waals surface area (Å²) in [4.78, 5) is 11.3. The first-order valence-electron chi connectivity index (χ1n) is 9.20. The van der Waals surface area contributed by atoms with Crippen LogP contribution in [0.5, 0.6) is 17.2 Å². The van der Waals surface area contributed by atoms with E-state index in [1.807, 2.05) is 12.1 Å². The zero-order valence-corrected chi connectivity index (χ0v) is 16.6. The Morgan fingerprint density at radius 1 is 1.00 bits per heavy atom. The Balaban J connectivity index is 1.81. The van der Waals surface area contributed by atoms with Gasteiger partial charge in [0.1, 0.15) is 18.2 Å². The number of ether oxygens (including phenoxy) is 3. The molecule has 0 unspecified atom stereocenters. The summed E-state index contributed by atoms with van der Waals surface area (Å²) in [6, 6.07) is 16.2. The number of carboxylic acids is 1. The first-order chi connectivity index (χ1) is 14.5. The smallest absolute Gasteiger partial charge is 0.335 e. The van der Waals surface area contributed by atoms with Crippen LogP contribution in [0.2, 0.25) is 0 Å². The number of methoxy groups -OCH3 is 2. The number of nitrogens with one attached hydrogen (secondary N) is 1. The van der Waals surface area contributed by atoms with Crippen molar-refractivity contribution in [2.24, 2.45) is 0 Å². The number of aromatic carboxylic acids is 1. The molecule has 0 bridgehead atoms. The van der Waals surface area contributed by atoms with Gasteiger partial charge in [-0.1, -0.05) is 24.3 Å². The van der Waals surface area contributed by atoms with Crippen LogP contribution < -0.4 is 19.5 Å². The van der Waals surface area contributed by atoms with E-state index >= 15 is 0 Å². The second-order valence-corrected chi connectivity index (χ2v) is 6.44. The van der Waals surface area contributed by atoms with Gasteiger partial charge < -0.3 is 24.6 Å². The summed E-state index contributed by atoms with van der Waals surface area (Å²) in [6.07, 6.45) is 0. The number of carboxylic acid groups (broad SMARTS) is 1. The molecule has 0 saturated heterocycles. The summed E-state index contributed by atoms with van der Waals surface area (Å²) in [7, 11) is 3.07. The highest BCUT2D eigenvalue weighted by Crippen LogP contribution is 2.33. The fraction of sp³-hybridized carbons (Fsp3) is 0.174. The molecule has 7 heteroatoms. The lowest BCUT2D eigenvalue weighted by molar-refractivity contribution is 0.0697. The summed E-state index contributed by atoms with van der Waals surface area (Å²) >= 11 is 0. The van der Waals surface area contributed by atoms with Crippen LogP contribution in [-0.2, 0) is 13.2 Å². The normalized spacial score (nSPS) is 10.4. The van der Waals surface area contributed by atoms with E-state index in [4.69, 9.17) is 14.2 Å². The molecule has 0 radical (unpaired) electrons. The molecule has 0 aromatic heterocycles. The van der Waals surface area contributed by atoms with Crippen LogP contribution in [0.3, 0.4) is 0 Å². The third-order valence-electron chi connectivity index (χ3n) is 4.49. The second kappa shape index (κ2) is 9.65. The average molecular weight is 411 g/mol. The molecule has 2 N–H and O–H groups in total. The van der Waals surface area contributed by atoms with E-state index in [1.165, 1.54) is 31.4 Å². The van der Waals surface area contributed by atoms with Crippen molar-refractivity contribution < 1.29 is 28.5 Å². The molecule has 156 valence electrons. The van der Waals surface area contributed by atoms with Crippen LogP contribution in [-0.4, -0.2) is 25.3 Å². The fourth-order valence-corrected chi connectivity index (χ4v) is 2.93. The van der Waals surface area contributed by atoms with Gasteiger partial charge in [0.25, 0.3) is 0 Å². The van der Waals surface area contributed by atoms with Gasteiger partial charge in [-0.2, -0.15) is 0 Å². The predicted octanol–water partition coefficient (Wildman–Crippen LogP) is 4.73. The lowest BCUT2D eigenvalue weighted by Gasteiger charge is -2.17. The quantitative estimate of drug-likeness (QED) is 0.530. The van der Waals surface area contributed by atoms with Crippen LogP contribution in [0, 0.1) is 5.82 Å². The highest BCUT2D eigenvalue weighted by molar-refractivity contribution is 5.89. The lowest BCUT2D eigenvalue weighted by Crippen LogP contribution is -2.07. The summed E-state index contributed by atoms with van der Waals surface area (Å²) in [5.41, 5.74) is 2.32. The van der Waals surface area contributed by atoms with E-state index in [1.54, 1.807) is 31.4 Å². The van der Waals surface area contributed by atoms with Crippen molar-refractivity contribution in [3.05, 3.63) is 83.2 Å². The molecular weight excluding hydrogens is 389 g/mol. The van der Waals surface area contributed by atoms with E-state index in [9.17, 15) is 14.3 Å². The standard InChI is InChI=1S/C23H22FNO5/c1-28-20-11-8-16(23(26)27)12-19(20)25-13-17-4-3-5-21(29-2)22(17)30-14-15-6-9-18(24)10-7-15/h3-12,25H,13-14H2,1-2H3,(H,26,27). The molecule has 6 nitrogen and oxygen atoms in total. The third-order valence-corrected chi connectivity index (χ3v) is 4.49. The average Bonchev–Trinajstić information content (AvgIpc) is 2.77. The summed E-state index contributed by atoms with van der Waals surface area (Å²) in [5, 5.41) is 12.4. The molecule has 0 aliphatic carbocycles. The number of anilines is 1. The Morgan fingerprint density at radius 2 is 1.73 bits per heavy atom. The molecule has 0 spiro atoms. The fourth-order valence-electron chi connectivity index (χ4n) is 2.93. The molecule has 3 aromatic rings. The van der Waals surface area contributed by atoms with E-state index in [0.717, 1.165) is 11.1 Å². The van der Waals surface area contributed by atoms with Gasteiger partial charge in [0.05, 0.1) is 25.5 Å². The topological polar surface area (TPSA) is 77.0 Å². The molecule has 0 aliphatic rings. The van der Waals surface area contributed by atoms with Crippen LogP contribution >= 0.6 is 0 Å². The Labute approximate surface area is 173 Å². The number of rotatable bonds is 9. The van der Waals surface area contributed by atoms with Crippen molar-refractivity contribution in [2.75, 3.05) is 19.5 Å². The minimum Gasteiger partial charge on any atom is -0.495 e. The van der Waals surface area contributed by atoms with Crippen molar-refractivity contribution >= 4 is 11.7 Å². The minimum atomic E-state index is -1.02. The van der Waals surface area contributed by atoms with Gasteiger partial charge in [0, 0.05) is 12.1 Å². The minimum absolute atomic E-state index is 0.150. The summed E-state index contributed by atoms with van der Waals surface area (Å²) in [6.45, 7) is 0.584. The van der Waals surface area contributed by atoms with Crippen LogP contribution in [0.25, 0.3) is 0 Å². The van der Waals surface area contributed by atoms with Crippen molar-refractivity contribution in [1.82, 2.24) is 0 Å². The Bertz CT molecular complexity index is 1020. The molecule has 30 heavy (non-hydrogen) atoms. The summed E-state index contributed by atoms with van der Waals surface area (Å²) in [5.74, 6) is 0.299. The highest BCUT2D eigenvalue weighted by Gasteiger charge is 2.13. The maximum absolute atomic E-state index is 13.1. The van der Waals surface area contributed by atoms with Gasteiger partial charge in [-0.25, -0.2) is 9.18 Å². The molecule has 0 amide bonds. The maximum Gasteiger partial charge on any atom is 0.335 e. The molecule has 0 aliphatic heterocycles. The van der Waals surface area contributed by atoms with Crippen LogP contribution in [0.1, 0.15) is 21.5 Å². The van der Waals surface area contributed by atoms with Gasteiger partial charge >= 0.3 is 5.97 Å². The van der Waals surface area contributed by atoms with Crippen LogP contribution in [0.4, 0.5) is 10.1 Å². The monoisotopic (exact) mass is 411 g/mol. The Morgan fingerprint density at radius 3 is 2.40 bits per heavy atom. The molecular formula is C23H22FNO5. The number of carbonyl (C=O) groups is 1. The van der Waals surface area contributed by atoms with Crippen molar-refractivity contribution in [3.63, 3.8) is 0 Å². The first kappa shape index (κ1) is 21.0. The number of halogens is 1. The first-order valence-corrected chi connectivity index (χ1v) is 9.20. The molecule has 0 saturated carbocycles. The zero-order chi connectivity index (χ0) is 21.5. The molecule has 3 rings (SSSR count).